The molecule has 0 radical (unpaired) electrons. The topological polar surface area (TPSA) is 108 Å². The molecule has 2 rings (SSSR count). The predicted octanol–water partition coefficient (Wildman–Crippen LogP) is 5.41. The summed E-state index contributed by atoms with van der Waals surface area (Å²) in [7, 11) is -3.78. The van der Waals surface area contributed by atoms with Crippen LogP contribution in [0.15, 0.2) is 18.2 Å². The van der Waals surface area contributed by atoms with Gasteiger partial charge in [-0.3, -0.25) is 28.5 Å². The van der Waals surface area contributed by atoms with E-state index in [1.54, 1.807) is 47.6 Å². The number of nitro benzene ring substituents is 1. The maximum Gasteiger partial charge on any atom is 0.475 e. The average molecular weight is 456 g/mol. The molecule has 0 bridgehead atoms. The van der Waals surface area contributed by atoms with Crippen LogP contribution >= 0.6 is 7.82 Å². The number of benzene rings is 1. The highest BCUT2D eigenvalue weighted by Crippen LogP contribution is 2.55. The van der Waals surface area contributed by atoms with E-state index in [1.807, 2.05) is 6.07 Å². The number of phosphoric acid groups is 1. The summed E-state index contributed by atoms with van der Waals surface area (Å²) in [5.74, 6) is -0.173. The minimum Gasteiger partial charge on any atom is -0.306 e. The summed E-state index contributed by atoms with van der Waals surface area (Å²) in [4.78, 5) is 25.0. The second-order valence-corrected chi connectivity index (χ2v) is 11.0. The van der Waals surface area contributed by atoms with Gasteiger partial charge in [-0.2, -0.15) is 0 Å². The molecule has 0 fully saturated rings. The van der Waals surface area contributed by atoms with Gasteiger partial charge in [0, 0.05) is 19.0 Å². The van der Waals surface area contributed by atoms with Gasteiger partial charge in [0.1, 0.15) is 5.69 Å². The molecule has 0 aliphatic carbocycles. The molecule has 0 aromatic heterocycles. The summed E-state index contributed by atoms with van der Waals surface area (Å²) in [5, 5.41) is 11.3. The first-order valence-electron chi connectivity index (χ1n) is 10.4. The van der Waals surface area contributed by atoms with E-state index in [-0.39, 0.29) is 24.6 Å². The lowest BCUT2D eigenvalue weighted by atomic mass is 10.1. The number of fused-ring (bicyclic) bond motifs is 1. The highest BCUT2D eigenvalue weighted by atomic mass is 31.2. The van der Waals surface area contributed by atoms with E-state index >= 15 is 0 Å². The van der Waals surface area contributed by atoms with Crippen molar-refractivity contribution in [3.8, 4) is 0 Å². The van der Waals surface area contributed by atoms with Gasteiger partial charge in [0.05, 0.1) is 22.7 Å². The molecule has 174 valence electrons. The molecule has 0 unspecified atom stereocenters. The molecule has 10 heteroatoms. The van der Waals surface area contributed by atoms with Crippen molar-refractivity contribution in [2.75, 3.05) is 18.1 Å². The van der Waals surface area contributed by atoms with E-state index in [9.17, 15) is 19.5 Å². The summed E-state index contributed by atoms with van der Waals surface area (Å²) < 4.78 is 29.6. The van der Waals surface area contributed by atoms with E-state index in [2.05, 4.69) is 0 Å². The maximum atomic E-state index is 13.0. The number of unbranched alkanes of at least 4 members (excludes halogenated alkanes) is 1. The second kappa shape index (κ2) is 9.77. The van der Waals surface area contributed by atoms with Gasteiger partial charge in [-0.05, 0) is 66.4 Å². The fraction of sp³-hybridized carbons (Fsp3) is 0.667. The van der Waals surface area contributed by atoms with Crippen LogP contribution in [-0.4, -0.2) is 35.2 Å². The Morgan fingerprint density at radius 2 is 1.74 bits per heavy atom. The number of nitro groups is 1. The number of amides is 1. The lowest BCUT2D eigenvalue weighted by Crippen LogP contribution is -2.29. The molecule has 1 aromatic rings. The number of para-hydroxylation sites is 1. The maximum absolute atomic E-state index is 13.0. The van der Waals surface area contributed by atoms with Crippen molar-refractivity contribution in [3.63, 3.8) is 0 Å². The van der Waals surface area contributed by atoms with Gasteiger partial charge in [0.25, 0.3) is 5.69 Å². The van der Waals surface area contributed by atoms with Crippen LogP contribution < -0.4 is 4.90 Å². The Bertz CT molecular complexity index is 838. The molecular formula is C21H33N2O7P. The fourth-order valence-corrected chi connectivity index (χ4v) is 5.10. The average Bonchev–Trinajstić information content (AvgIpc) is 3.01. The van der Waals surface area contributed by atoms with E-state index in [4.69, 9.17) is 13.6 Å². The Kier molecular flexibility index (Phi) is 8.03. The van der Waals surface area contributed by atoms with Gasteiger partial charge in [0.2, 0.25) is 5.91 Å². The van der Waals surface area contributed by atoms with Crippen molar-refractivity contribution in [2.45, 2.75) is 78.4 Å². The van der Waals surface area contributed by atoms with Gasteiger partial charge in [0.15, 0.2) is 0 Å². The monoisotopic (exact) mass is 456 g/mol. The molecule has 0 saturated heterocycles. The third-order valence-corrected chi connectivity index (χ3v) is 6.32. The molecule has 1 aromatic carbocycles. The zero-order valence-corrected chi connectivity index (χ0v) is 20.1. The van der Waals surface area contributed by atoms with E-state index in [0.717, 1.165) is 5.56 Å². The van der Waals surface area contributed by atoms with Crippen LogP contribution in [0.25, 0.3) is 0 Å². The van der Waals surface area contributed by atoms with Crippen LogP contribution in [0.4, 0.5) is 11.4 Å². The predicted molar refractivity (Wildman–Crippen MR) is 118 cm³/mol. The first-order valence-corrected chi connectivity index (χ1v) is 11.9. The first-order chi connectivity index (χ1) is 14.2. The summed E-state index contributed by atoms with van der Waals surface area (Å²) in [6, 6.07) is 4.87. The largest absolute Gasteiger partial charge is 0.475 e. The summed E-state index contributed by atoms with van der Waals surface area (Å²) in [6.07, 6.45) is 1.76. The number of anilines is 1. The van der Waals surface area contributed by atoms with Crippen molar-refractivity contribution >= 4 is 25.1 Å². The minimum absolute atomic E-state index is 0.0497. The Morgan fingerprint density at radius 3 is 2.29 bits per heavy atom. The zero-order valence-electron chi connectivity index (χ0n) is 19.2. The standard InChI is InChI=1S/C21H33N2O7P/c1-20(2,3)29-31(27,30-21(4,5)6)28-15-8-7-12-18(24)22-14-13-16-10-9-11-17(19(16)22)23(25)26/h9-11H,7-8,12-15H2,1-6H3. The lowest BCUT2D eigenvalue weighted by Gasteiger charge is -2.30. The van der Waals surface area contributed by atoms with Crippen molar-refractivity contribution in [1.29, 1.82) is 0 Å². The molecule has 1 aliphatic rings. The van der Waals surface area contributed by atoms with Crippen LogP contribution in [0.1, 0.15) is 66.4 Å². The smallest absolute Gasteiger partial charge is 0.306 e. The normalized spacial score (nSPS) is 14.6. The molecule has 0 spiro atoms. The van der Waals surface area contributed by atoms with Gasteiger partial charge >= 0.3 is 7.82 Å². The molecule has 1 heterocycles. The Balaban J connectivity index is 1.90. The minimum atomic E-state index is -3.78. The van der Waals surface area contributed by atoms with Gasteiger partial charge in [-0.25, -0.2) is 4.57 Å². The second-order valence-electron chi connectivity index (χ2n) is 9.48. The van der Waals surface area contributed by atoms with Crippen molar-refractivity contribution in [1.82, 2.24) is 0 Å². The lowest BCUT2D eigenvalue weighted by molar-refractivity contribution is -0.384. The van der Waals surface area contributed by atoms with Crippen molar-refractivity contribution < 1.29 is 27.9 Å². The summed E-state index contributed by atoms with van der Waals surface area (Å²) in [5.41, 5.74) is -0.268. The first kappa shape index (κ1) is 25.5. The summed E-state index contributed by atoms with van der Waals surface area (Å²) in [6.45, 7) is 11.1. The Labute approximate surface area is 183 Å². The van der Waals surface area contributed by atoms with Crippen molar-refractivity contribution in [3.05, 3.63) is 33.9 Å². The van der Waals surface area contributed by atoms with Gasteiger partial charge < -0.3 is 4.90 Å². The third kappa shape index (κ3) is 7.68. The number of phosphoric ester groups is 1. The highest BCUT2D eigenvalue weighted by Gasteiger charge is 2.37. The quantitative estimate of drug-likeness (QED) is 0.212. The molecular weight excluding hydrogens is 423 g/mol. The zero-order chi connectivity index (χ0) is 23.4. The van der Waals surface area contributed by atoms with Crippen LogP contribution in [0, 0.1) is 10.1 Å². The molecule has 31 heavy (non-hydrogen) atoms. The SMILES string of the molecule is CC(C)(C)OP(=O)(OCCCCC(=O)N1CCc2cccc([N+](=O)[O-])c21)OC(C)(C)C. The molecule has 0 N–H and O–H groups in total. The Hall–Kier alpha value is -1.80. The number of hydrogen-bond donors (Lipinski definition) is 0. The molecule has 1 aliphatic heterocycles. The summed E-state index contributed by atoms with van der Waals surface area (Å²) >= 11 is 0. The van der Waals surface area contributed by atoms with Gasteiger partial charge in [-0.15, -0.1) is 0 Å². The third-order valence-electron chi connectivity index (χ3n) is 4.28. The number of nitrogens with zero attached hydrogens (tertiary/aromatic N) is 2. The number of carbonyl (C=O) groups is 1. The molecule has 9 nitrogen and oxygen atoms in total. The van der Waals surface area contributed by atoms with Crippen LogP contribution in [-0.2, 0) is 29.4 Å². The molecule has 0 saturated carbocycles. The van der Waals surface area contributed by atoms with Crippen LogP contribution in [0.3, 0.4) is 0 Å². The van der Waals surface area contributed by atoms with Gasteiger partial charge in [-0.1, -0.05) is 12.1 Å². The van der Waals surface area contributed by atoms with E-state index in [0.29, 0.717) is 31.5 Å². The van der Waals surface area contributed by atoms with Crippen LogP contribution in [0.2, 0.25) is 0 Å². The number of rotatable bonds is 9. The number of hydrogen-bond acceptors (Lipinski definition) is 7. The molecule has 0 atom stereocenters. The van der Waals surface area contributed by atoms with E-state index in [1.165, 1.54) is 11.0 Å². The van der Waals surface area contributed by atoms with Crippen LogP contribution in [0.5, 0.6) is 0 Å². The highest BCUT2D eigenvalue weighted by molar-refractivity contribution is 7.48. The van der Waals surface area contributed by atoms with Crippen molar-refractivity contribution in [2.24, 2.45) is 0 Å². The number of carbonyl (C=O) groups excluding carboxylic acids is 1. The van der Waals surface area contributed by atoms with E-state index < -0.39 is 23.9 Å². The molecule has 1 amide bonds. The fourth-order valence-electron chi connectivity index (χ4n) is 3.26. The Morgan fingerprint density at radius 1 is 1.13 bits per heavy atom.